The number of hydrogen-bond donors (Lipinski definition) is 1. The van der Waals surface area contributed by atoms with E-state index in [9.17, 15) is 9.59 Å². The first kappa shape index (κ1) is 18.6. The Morgan fingerprint density at radius 2 is 1.66 bits per heavy atom. The van der Waals surface area contributed by atoms with Crippen molar-refractivity contribution in [2.24, 2.45) is 0 Å². The molecule has 1 aromatic heterocycles. The molecule has 1 fully saturated rings. The molecule has 3 aromatic rings. The van der Waals surface area contributed by atoms with Crippen LogP contribution in [0.2, 0.25) is 0 Å². The summed E-state index contributed by atoms with van der Waals surface area (Å²) in [4.78, 5) is 26.5. The average molecular weight is 392 g/mol. The molecule has 0 radical (unpaired) electrons. The molecule has 2 heterocycles. The summed E-state index contributed by atoms with van der Waals surface area (Å²) < 4.78 is 6.56. The van der Waals surface area contributed by atoms with Gasteiger partial charge < -0.3 is 15.0 Å². The first-order chi connectivity index (χ1) is 14.2. The zero-order chi connectivity index (χ0) is 20.1. The van der Waals surface area contributed by atoms with Gasteiger partial charge in [-0.1, -0.05) is 0 Å². The molecule has 2 aromatic carbocycles. The van der Waals surface area contributed by atoms with Gasteiger partial charge in [0.15, 0.2) is 6.61 Å². The lowest BCUT2D eigenvalue weighted by Crippen LogP contribution is -2.21. The van der Waals surface area contributed by atoms with E-state index in [0.29, 0.717) is 16.9 Å². The summed E-state index contributed by atoms with van der Waals surface area (Å²) in [6.45, 7) is 1.78. The van der Waals surface area contributed by atoms with Gasteiger partial charge in [-0.3, -0.25) is 4.79 Å². The summed E-state index contributed by atoms with van der Waals surface area (Å²) in [5.74, 6) is -0.967. The molecule has 0 spiro atoms. The van der Waals surface area contributed by atoms with Crippen molar-refractivity contribution in [2.75, 3.05) is 29.9 Å². The van der Waals surface area contributed by atoms with Gasteiger partial charge in [0.2, 0.25) is 0 Å². The van der Waals surface area contributed by atoms with Crippen LogP contribution in [0.1, 0.15) is 23.2 Å². The van der Waals surface area contributed by atoms with E-state index in [-0.39, 0.29) is 6.61 Å². The molecule has 1 N–H and O–H groups in total. The van der Waals surface area contributed by atoms with E-state index in [2.05, 4.69) is 25.7 Å². The number of aromatic nitrogens is 4. The number of anilines is 2. The lowest BCUT2D eigenvalue weighted by atomic mass is 10.2. The van der Waals surface area contributed by atoms with Crippen LogP contribution in [-0.4, -0.2) is 51.8 Å². The van der Waals surface area contributed by atoms with Crippen LogP contribution in [0.25, 0.3) is 5.69 Å². The molecule has 0 atom stereocenters. The van der Waals surface area contributed by atoms with Crippen molar-refractivity contribution >= 4 is 23.3 Å². The molecule has 1 aliphatic rings. The third-order valence-electron chi connectivity index (χ3n) is 4.67. The maximum atomic E-state index is 12.1. The maximum Gasteiger partial charge on any atom is 0.338 e. The van der Waals surface area contributed by atoms with Gasteiger partial charge in [0.05, 0.1) is 11.3 Å². The number of rotatable bonds is 6. The topological polar surface area (TPSA) is 102 Å². The summed E-state index contributed by atoms with van der Waals surface area (Å²) in [7, 11) is 0. The van der Waals surface area contributed by atoms with Gasteiger partial charge in [-0.25, -0.2) is 9.48 Å². The highest BCUT2D eigenvalue weighted by atomic mass is 16.5. The number of amides is 1. The van der Waals surface area contributed by atoms with Gasteiger partial charge in [0, 0.05) is 24.5 Å². The molecule has 0 saturated carbocycles. The first-order valence-corrected chi connectivity index (χ1v) is 9.34. The fourth-order valence-corrected chi connectivity index (χ4v) is 3.17. The minimum Gasteiger partial charge on any atom is -0.452 e. The molecule has 9 heteroatoms. The number of ether oxygens (including phenoxy) is 1. The van der Waals surface area contributed by atoms with Crippen LogP contribution in [0, 0.1) is 0 Å². The van der Waals surface area contributed by atoms with E-state index in [1.807, 2.05) is 24.3 Å². The molecule has 29 heavy (non-hydrogen) atoms. The summed E-state index contributed by atoms with van der Waals surface area (Å²) in [6, 6.07) is 14.2. The van der Waals surface area contributed by atoms with E-state index < -0.39 is 11.9 Å². The molecule has 0 bridgehead atoms. The summed E-state index contributed by atoms with van der Waals surface area (Å²) in [6.07, 6.45) is 3.88. The largest absolute Gasteiger partial charge is 0.452 e. The van der Waals surface area contributed by atoms with E-state index in [0.717, 1.165) is 18.8 Å². The Kier molecular flexibility index (Phi) is 5.46. The zero-order valence-corrected chi connectivity index (χ0v) is 15.7. The minimum atomic E-state index is -0.576. The second-order valence-corrected chi connectivity index (χ2v) is 6.67. The van der Waals surface area contributed by atoms with Crippen LogP contribution in [-0.2, 0) is 9.53 Å². The maximum absolute atomic E-state index is 12.1. The smallest absolute Gasteiger partial charge is 0.338 e. The van der Waals surface area contributed by atoms with Crippen LogP contribution in [0.5, 0.6) is 0 Å². The number of hydrogen-bond acceptors (Lipinski definition) is 7. The lowest BCUT2D eigenvalue weighted by molar-refractivity contribution is -0.119. The Morgan fingerprint density at radius 1 is 0.966 bits per heavy atom. The molecular formula is C20H20N6O3. The van der Waals surface area contributed by atoms with Crippen molar-refractivity contribution in [2.45, 2.75) is 12.8 Å². The second-order valence-electron chi connectivity index (χ2n) is 6.67. The SMILES string of the molecule is O=C(COC(=O)c1ccc(-n2cnnn2)cc1)Nc1ccc(N2CCCC2)cc1. The lowest BCUT2D eigenvalue weighted by Gasteiger charge is -2.17. The first-order valence-electron chi connectivity index (χ1n) is 9.34. The van der Waals surface area contributed by atoms with Gasteiger partial charge in [-0.2, -0.15) is 0 Å². The van der Waals surface area contributed by atoms with E-state index in [4.69, 9.17) is 4.74 Å². The molecule has 0 aliphatic carbocycles. The fraction of sp³-hybridized carbons (Fsp3) is 0.250. The second kappa shape index (κ2) is 8.51. The Balaban J connectivity index is 1.27. The van der Waals surface area contributed by atoms with Gasteiger partial charge in [-0.15, -0.1) is 5.10 Å². The summed E-state index contributed by atoms with van der Waals surface area (Å²) in [5.41, 5.74) is 2.86. The Hall–Kier alpha value is -3.75. The van der Waals surface area contributed by atoms with Gasteiger partial charge in [0.25, 0.3) is 5.91 Å². The van der Waals surface area contributed by atoms with Crippen LogP contribution < -0.4 is 10.2 Å². The number of carbonyl (C=O) groups excluding carboxylic acids is 2. The highest BCUT2D eigenvalue weighted by molar-refractivity contribution is 5.95. The average Bonchev–Trinajstić information content (AvgIpc) is 3.47. The normalized spacial score (nSPS) is 13.3. The van der Waals surface area contributed by atoms with Crippen LogP contribution in [0.4, 0.5) is 11.4 Å². The van der Waals surface area contributed by atoms with Crippen molar-refractivity contribution < 1.29 is 14.3 Å². The molecule has 1 aliphatic heterocycles. The Labute approximate surface area is 167 Å². The molecule has 4 rings (SSSR count). The zero-order valence-electron chi connectivity index (χ0n) is 15.7. The monoisotopic (exact) mass is 392 g/mol. The van der Waals surface area contributed by atoms with Gasteiger partial charge in [-0.05, 0) is 71.8 Å². The third-order valence-corrected chi connectivity index (χ3v) is 4.67. The van der Waals surface area contributed by atoms with Crippen molar-refractivity contribution in [1.29, 1.82) is 0 Å². The van der Waals surface area contributed by atoms with E-state index >= 15 is 0 Å². The minimum absolute atomic E-state index is 0.338. The predicted octanol–water partition coefficient (Wildman–Crippen LogP) is 2.06. The summed E-state index contributed by atoms with van der Waals surface area (Å²) >= 11 is 0. The highest BCUT2D eigenvalue weighted by Gasteiger charge is 2.13. The van der Waals surface area contributed by atoms with Crippen molar-refractivity contribution in [3.8, 4) is 5.69 Å². The van der Waals surface area contributed by atoms with Crippen LogP contribution in [0.3, 0.4) is 0 Å². The van der Waals surface area contributed by atoms with E-state index in [1.165, 1.54) is 23.9 Å². The van der Waals surface area contributed by atoms with Crippen molar-refractivity contribution in [3.63, 3.8) is 0 Å². The molecule has 1 amide bonds. The molecule has 1 saturated heterocycles. The van der Waals surface area contributed by atoms with Crippen LogP contribution in [0.15, 0.2) is 54.9 Å². The Morgan fingerprint density at radius 3 is 2.31 bits per heavy atom. The molecule has 0 unspecified atom stereocenters. The van der Waals surface area contributed by atoms with Gasteiger partial charge >= 0.3 is 5.97 Å². The van der Waals surface area contributed by atoms with Gasteiger partial charge in [0.1, 0.15) is 6.33 Å². The standard InChI is InChI=1S/C20H20N6O3/c27-19(22-16-5-9-17(10-6-16)25-11-1-2-12-25)13-29-20(28)15-3-7-18(8-4-15)26-14-21-23-24-26/h3-10,14H,1-2,11-13H2,(H,22,27). The molecular weight excluding hydrogens is 372 g/mol. The predicted molar refractivity (Wildman–Crippen MR) is 106 cm³/mol. The highest BCUT2D eigenvalue weighted by Crippen LogP contribution is 2.22. The third kappa shape index (κ3) is 4.57. The number of esters is 1. The molecule has 9 nitrogen and oxygen atoms in total. The number of nitrogens with one attached hydrogen (secondary N) is 1. The van der Waals surface area contributed by atoms with Crippen LogP contribution >= 0.6 is 0 Å². The summed E-state index contributed by atoms with van der Waals surface area (Å²) in [5, 5.41) is 13.6. The van der Waals surface area contributed by atoms with E-state index in [1.54, 1.807) is 24.3 Å². The van der Waals surface area contributed by atoms with Crippen molar-refractivity contribution in [3.05, 3.63) is 60.4 Å². The number of tetrazole rings is 1. The number of benzene rings is 2. The fourth-order valence-electron chi connectivity index (χ4n) is 3.17. The molecule has 148 valence electrons. The van der Waals surface area contributed by atoms with Crippen molar-refractivity contribution in [1.82, 2.24) is 20.2 Å². The number of nitrogens with zero attached hydrogens (tertiary/aromatic N) is 5. The number of carbonyl (C=O) groups is 2. The Bertz CT molecular complexity index is 964. The quantitative estimate of drug-likeness (QED) is 0.641.